The molecule has 54 valence electrons. The fourth-order valence-electron chi connectivity index (χ4n) is 0.571. The number of nitro groups is 1. The number of H-pyrrole nitrogens is 1. The van der Waals surface area contributed by atoms with E-state index >= 15 is 0 Å². The van der Waals surface area contributed by atoms with Crippen LogP contribution in [-0.2, 0) is 0 Å². The van der Waals surface area contributed by atoms with Crippen LogP contribution in [0.25, 0.3) is 0 Å². The zero-order chi connectivity index (χ0) is 7.72. The number of hydrogen-bond donors (Lipinski definition) is 1. The third-order valence-corrected chi connectivity index (χ3v) is 1.90. The largest absolute Gasteiger partial charge is 0.347 e. The van der Waals surface area contributed by atoms with E-state index in [9.17, 15) is 14.9 Å². The zero-order valence-corrected chi connectivity index (χ0v) is 5.90. The molecule has 0 atom stereocenters. The normalized spacial score (nSPS) is 9.70. The molecule has 10 heavy (non-hydrogen) atoms. The number of aromatic amines is 1. The van der Waals surface area contributed by atoms with Gasteiger partial charge in [0.05, 0.1) is 4.92 Å². The van der Waals surface area contributed by atoms with Gasteiger partial charge in [-0.05, 0) is 18.3 Å². The number of rotatable bonds is 1. The fourth-order valence-corrected chi connectivity index (χ4v) is 1.23. The van der Waals surface area contributed by atoms with E-state index in [-0.39, 0.29) is 9.87 Å². The second kappa shape index (κ2) is 2.22. The first-order valence-electron chi connectivity index (χ1n) is 2.45. The Morgan fingerprint density at radius 3 is 2.50 bits per heavy atom. The molecule has 0 aliphatic heterocycles. The second-order valence-electron chi connectivity index (χ2n) is 1.70. The Hall–Kier alpha value is -1.17. The van der Waals surface area contributed by atoms with E-state index in [1.807, 2.05) is 0 Å². The predicted octanol–water partition coefficient (Wildman–Crippen LogP) is 0.653. The maximum atomic E-state index is 10.5. The number of nitrogens with one attached hydrogen (secondary N) is 1. The van der Waals surface area contributed by atoms with Crippen LogP contribution in [0.2, 0.25) is 0 Å². The van der Waals surface area contributed by atoms with Gasteiger partial charge in [-0.3, -0.25) is 14.9 Å². The number of hydrogen-bond acceptors (Lipinski definition) is 4. The molecular formula is C4H4N2O3S. The summed E-state index contributed by atoms with van der Waals surface area (Å²) >= 11 is 0.612. The van der Waals surface area contributed by atoms with Gasteiger partial charge in [0, 0.05) is 0 Å². The highest BCUT2D eigenvalue weighted by Crippen LogP contribution is 2.17. The maximum Gasteiger partial charge on any atom is 0.347 e. The van der Waals surface area contributed by atoms with Crippen molar-refractivity contribution in [3.63, 3.8) is 0 Å². The average molecular weight is 160 g/mol. The molecular weight excluding hydrogens is 156 g/mol. The zero-order valence-electron chi connectivity index (χ0n) is 5.08. The molecule has 6 heteroatoms. The summed E-state index contributed by atoms with van der Waals surface area (Å²) in [5.74, 6) is 0. The van der Waals surface area contributed by atoms with Crippen molar-refractivity contribution in [2.75, 3.05) is 0 Å². The minimum atomic E-state index is -0.572. The van der Waals surface area contributed by atoms with Gasteiger partial charge in [-0.15, -0.1) is 0 Å². The first-order chi connectivity index (χ1) is 4.61. The summed E-state index contributed by atoms with van der Waals surface area (Å²) in [7, 11) is 0. The number of aryl methyl sites for hydroxylation is 1. The van der Waals surface area contributed by atoms with Crippen molar-refractivity contribution in [2.45, 2.75) is 6.92 Å². The standard InChI is InChI=1S/C4H4N2O3S/c1-2-3(6(8)9)10-4(7)5-2/h1H3,(H,5,7). The quantitative estimate of drug-likeness (QED) is 0.484. The SMILES string of the molecule is Cc1[nH]c(=O)sc1[N+](=O)[O-]. The highest BCUT2D eigenvalue weighted by molar-refractivity contribution is 7.12. The summed E-state index contributed by atoms with van der Waals surface area (Å²) < 4.78 is 0. The summed E-state index contributed by atoms with van der Waals surface area (Å²) in [6, 6.07) is 0. The van der Waals surface area contributed by atoms with Gasteiger partial charge in [0.2, 0.25) is 0 Å². The van der Waals surface area contributed by atoms with Crippen LogP contribution in [0.4, 0.5) is 5.00 Å². The summed E-state index contributed by atoms with van der Waals surface area (Å²) in [5, 5.41) is 9.99. The molecule has 0 radical (unpaired) electrons. The topological polar surface area (TPSA) is 76.0 Å². The van der Waals surface area contributed by atoms with Crippen LogP contribution >= 0.6 is 11.3 Å². The molecule has 1 N–H and O–H groups in total. The van der Waals surface area contributed by atoms with E-state index in [1.54, 1.807) is 0 Å². The highest BCUT2D eigenvalue weighted by Gasteiger charge is 2.13. The van der Waals surface area contributed by atoms with Crippen LogP contribution in [0.1, 0.15) is 5.69 Å². The van der Waals surface area contributed by atoms with Crippen molar-refractivity contribution in [3.8, 4) is 0 Å². The Kier molecular flexibility index (Phi) is 1.54. The van der Waals surface area contributed by atoms with E-state index in [4.69, 9.17) is 0 Å². The molecule has 0 fully saturated rings. The lowest BCUT2D eigenvalue weighted by molar-refractivity contribution is -0.380. The molecule has 1 heterocycles. The molecule has 1 aromatic rings. The lowest BCUT2D eigenvalue weighted by atomic mass is 10.5. The van der Waals surface area contributed by atoms with Gasteiger partial charge in [0.1, 0.15) is 5.69 Å². The van der Waals surface area contributed by atoms with Gasteiger partial charge in [0.15, 0.2) is 0 Å². The van der Waals surface area contributed by atoms with E-state index in [1.165, 1.54) is 6.92 Å². The van der Waals surface area contributed by atoms with Crippen LogP contribution in [0.15, 0.2) is 4.79 Å². The molecule has 0 aromatic carbocycles. The third kappa shape index (κ3) is 1.06. The number of thiazole rings is 1. The second-order valence-corrected chi connectivity index (χ2v) is 2.66. The van der Waals surface area contributed by atoms with Crippen LogP contribution in [0, 0.1) is 17.0 Å². The molecule has 0 aliphatic carbocycles. The third-order valence-electron chi connectivity index (χ3n) is 0.966. The van der Waals surface area contributed by atoms with Crippen molar-refractivity contribution in [1.82, 2.24) is 4.98 Å². The van der Waals surface area contributed by atoms with Gasteiger partial charge >= 0.3 is 9.87 Å². The van der Waals surface area contributed by atoms with Crippen molar-refractivity contribution >= 4 is 16.3 Å². The first-order valence-corrected chi connectivity index (χ1v) is 3.27. The van der Waals surface area contributed by atoms with E-state index < -0.39 is 4.92 Å². The number of nitrogens with zero attached hydrogens (tertiary/aromatic N) is 1. The molecule has 0 bridgehead atoms. The average Bonchev–Trinajstić information content (AvgIpc) is 2.10. The molecule has 5 nitrogen and oxygen atoms in total. The molecule has 0 aliphatic rings. The monoisotopic (exact) mass is 160 g/mol. The van der Waals surface area contributed by atoms with Crippen LogP contribution in [0.3, 0.4) is 0 Å². The molecule has 0 saturated carbocycles. The minimum Gasteiger partial charge on any atom is -0.310 e. The fraction of sp³-hybridized carbons (Fsp3) is 0.250. The van der Waals surface area contributed by atoms with Crippen molar-refractivity contribution < 1.29 is 4.92 Å². The molecule has 0 spiro atoms. The van der Waals surface area contributed by atoms with Crippen molar-refractivity contribution in [2.24, 2.45) is 0 Å². The first kappa shape index (κ1) is 6.94. The van der Waals surface area contributed by atoms with Gasteiger partial charge in [-0.1, -0.05) is 0 Å². The smallest absolute Gasteiger partial charge is 0.310 e. The van der Waals surface area contributed by atoms with E-state index in [0.717, 1.165) is 0 Å². The molecule has 0 unspecified atom stereocenters. The van der Waals surface area contributed by atoms with Crippen molar-refractivity contribution in [3.05, 3.63) is 25.5 Å². The van der Waals surface area contributed by atoms with Gasteiger partial charge in [-0.2, -0.15) is 0 Å². The van der Waals surface area contributed by atoms with Gasteiger partial charge in [-0.25, -0.2) is 0 Å². The Labute approximate surface area is 59.5 Å². The van der Waals surface area contributed by atoms with Crippen LogP contribution < -0.4 is 4.87 Å². The Morgan fingerprint density at radius 2 is 2.30 bits per heavy atom. The van der Waals surface area contributed by atoms with Gasteiger partial charge < -0.3 is 4.98 Å². The molecule has 1 aromatic heterocycles. The maximum absolute atomic E-state index is 10.5. The molecule has 0 saturated heterocycles. The molecule has 0 amide bonds. The Bertz CT molecular complexity index is 313. The highest BCUT2D eigenvalue weighted by atomic mass is 32.1. The Balaban J connectivity index is 3.28. The van der Waals surface area contributed by atoms with Gasteiger partial charge in [0.25, 0.3) is 0 Å². The van der Waals surface area contributed by atoms with Crippen molar-refractivity contribution in [1.29, 1.82) is 0 Å². The predicted molar refractivity (Wildman–Crippen MR) is 36.3 cm³/mol. The Morgan fingerprint density at radius 1 is 1.70 bits per heavy atom. The lowest BCUT2D eigenvalue weighted by Crippen LogP contribution is -1.91. The number of aromatic nitrogens is 1. The summed E-state index contributed by atoms with van der Waals surface area (Å²) in [5.41, 5.74) is 0.319. The van der Waals surface area contributed by atoms with Crippen LogP contribution in [-0.4, -0.2) is 9.91 Å². The lowest BCUT2D eigenvalue weighted by Gasteiger charge is -1.82. The summed E-state index contributed by atoms with van der Waals surface area (Å²) in [4.78, 5) is 21.9. The van der Waals surface area contributed by atoms with E-state index in [2.05, 4.69) is 4.98 Å². The minimum absolute atomic E-state index is 0.106. The summed E-state index contributed by atoms with van der Waals surface area (Å²) in [6.07, 6.45) is 0. The summed E-state index contributed by atoms with van der Waals surface area (Å²) in [6.45, 7) is 1.50. The molecule has 1 rings (SSSR count). The van der Waals surface area contributed by atoms with E-state index in [0.29, 0.717) is 17.0 Å². The van der Waals surface area contributed by atoms with Crippen LogP contribution in [0.5, 0.6) is 0 Å².